The summed E-state index contributed by atoms with van der Waals surface area (Å²) >= 11 is 0. The zero-order valence-electron chi connectivity index (χ0n) is 18.9. The molecule has 7 heteroatoms. The lowest BCUT2D eigenvalue weighted by molar-refractivity contribution is -0.120. The first-order chi connectivity index (χ1) is 15.6. The SMILES string of the molecule is CCOC(=O)NC1C(=O)N(C2CCN(C3C4CCCC3CCC4)CC2)c2ccc(F)cc21. The monoisotopic (exact) mass is 443 g/mol. The van der Waals surface area contributed by atoms with E-state index in [0.29, 0.717) is 17.3 Å². The number of hydrogen-bond acceptors (Lipinski definition) is 4. The number of carbonyl (C=O) groups excluding carboxylic acids is 2. The molecule has 32 heavy (non-hydrogen) atoms. The van der Waals surface area contributed by atoms with E-state index in [0.717, 1.165) is 37.8 Å². The average Bonchev–Trinajstić information content (AvgIpc) is 3.04. The second kappa shape index (κ2) is 9.00. The van der Waals surface area contributed by atoms with Crippen LogP contribution in [0.3, 0.4) is 0 Å². The van der Waals surface area contributed by atoms with Crippen LogP contribution in [0.5, 0.6) is 0 Å². The molecule has 2 bridgehead atoms. The summed E-state index contributed by atoms with van der Waals surface area (Å²) in [6.45, 7) is 3.93. The molecule has 2 heterocycles. The maximum absolute atomic E-state index is 14.0. The van der Waals surface area contributed by atoms with E-state index in [1.54, 1.807) is 13.0 Å². The lowest BCUT2D eigenvalue weighted by Crippen LogP contribution is -2.55. The normalized spacial score (nSPS) is 30.8. The van der Waals surface area contributed by atoms with Gasteiger partial charge in [0.2, 0.25) is 0 Å². The number of amides is 2. The third-order valence-corrected chi connectivity index (χ3v) is 8.13. The number of ether oxygens (including phenoxy) is 1. The van der Waals surface area contributed by atoms with Crippen LogP contribution in [0.25, 0.3) is 0 Å². The minimum Gasteiger partial charge on any atom is -0.450 e. The van der Waals surface area contributed by atoms with Gasteiger partial charge in [-0.25, -0.2) is 9.18 Å². The van der Waals surface area contributed by atoms with Crippen LogP contribution in [0.15, 0.2) is 18.2 Å². The topological polar surface area (TPSA) is 61.9 Å². The number of nitrogens with zero attached hydrogens (tertiary/aromatic N) is 2. The molecule has 5 rings (SSSR count). The van der Waals surface area contributed by atoms with E-state index < -0.39 is 18.0 Å². The number of alkyl carbamates (subject to hydrolysis) is 1. The van der Waals surface area contributed by atoms with Crippen molar-refractivity contribution in [3.63, 3.8) is 0 Å². The van der Waals surface area contributed by atoms with Crippen LogP contribution in [-0.4, -0.2) is 48.7 Å². The molecule has 2 saturated carbocycles. The summed E-state index contributed by atoms with van der Waals surface area (Å²) in [5.41, 5.74) is 1.23. The summed E-state index contributed by atoms with van der Waals surface area (Å²) in [5.74, 6) is 1.09. The van der Waals surface area contributed by atoms with Gasteiger partial charge in [0.15, 0.2) is 0 Å². The number of piperidine rings is 1. The zero-order chi connectivity index (χ0) is 22.2. The molecule has 4 aliphatic rings. The van der Waals surface area contributed by atoms with Gasteiger partial charge in [-0.05, 0) is 75.5 Å². The van der Waals surface area contributed by atoms with E-state index in [-0.39, 0.29) is 18.6 Å². The number of halogens is 1. The molecule has 6 nitrogen and oxygen atoms in total. The quantitative estimate of drug-likeness (QED) is 0.750. The number of rotatable bonds is 4. The molecule has 0 radical (unpaired) electrons. The van der Waals surface area contributed by atoms with Crippen molar-refractivity contribution in [3.05, 3.63) is 29.6 Å². The van der Waals surface area contributed by atoms with E-state index in [1.165, 1.54) is 50.7 Å². The highest BCUT2D eigenvalue weighted by atomic mass is 19.1. The first-order valence-corrected chi connectivity index (χ1v) is 12.4. The molecule has 0 spiro atoms. The second-order valence-electron chi connectivity index (χ2n) is 9.85. The molecule has 2 aliphatic heterocycles. The summed E-state index contributed by atoms with van der Waals surface area (Å²) in [7, 11) is 0. The van der Waals surface area contributed by atoms with Gasteiger partial charge < -0.3 is 15.0 Å². The highest BCUT2D eigenvalue weighted by molar-refractivity contribution is 6.06. The Hall–Kier alpha value is -2.15. The summed E-state index contributed by atoms with van der Waals surface area (Å²) in [4.78, 5) is 29.9. The van der Waals surface area contributed by atoms with Gasteiger partial charge in [0.05, 0.1) is 12.3 Å². The number of nitrogens with one attached hydrogen (secondary N) is 1. The van der Waals surface area contributed by atoms with Crippen molar-refractivity contribution in [1.29, 1.82) is 0 Å². The summed E-state index contributed by atoms with van der Waals surface area (Å²) in [6, 6.07) is 4.32. The summed E-state index contributed by atoms with van der Waals surface area (Å²) in [6.07, 6.45) is 9.39. The molecule has 1 saturated heterocycles. The van der Waals surface area contributed by atoms with Crippen LogP contribution < -0.4 is 10.2 Å². The van der Waals surface area contributed by atoms with Gasteiger partial charge in [-0.3, -0.25) is 9.69 Å². The van der Waals surface area contributed by atoms with Crippen molar-refractivity contribution < 1.29 is 18.7 Å². The Morgan fingerprint density at radius 2 is 1.75 bits per heavy atom. The fraction of sp³-hybridized carbons (Fsp3) is 0.680. The lowest BCUT2D eigenvalue weighted by Gasteiger charge is -2.50. The van der Waals surface area contributed by atoms with Gasteiger partial charge in [-0.15, -0.1) is 0 Å². The second-order valence-corrected chi connectivity index (χ2v) is 9.85. The van der Waals surface area contributed by atoms with Crippen molar-refractivity contribution in [3.8, 4) is 0 Å². The van der Waals surface area contributed by atoms with E-state index in [2.05, 4.69) is 10.2 Å². The Morgan fingerprint density at radius 3 is 2.38 bits per heavy atom. The lowest BCUT2D eigenvalue weighted by atomic mass is 9.67. The molecule has 0 aromatic heterocycles. The fourth-order valence-electron chi connectivity index (χ4n) is 6.85. The highest BCUT2D eigenvalue weighted by Crippen LogP contribution is 2.44. The standard InChI is InChI=1S/C25H34FN3O3/c1-2-32-25(31)27-22-20-15-18(26)9-10-21(20)29(24(22)30)19-11-13-28(14-12-19)23-16-5-3-6-17(23)8-4-7-16/h9-10,15-17,19,22-23H,2-8,11-14H2,1H3,(H,27,31). The van der Waals surface area contributed by atoms with Gasteiger partial charge in [0, 0.05) is 30.7 Å². The smallest absolute Gasteiger partial charge is 0.408 e. The molecular weight excluding hydrogens is 409 g/mol. The van der Waals surface area contributed by atoms with Crippen molar-refractivity contribution in [2.75, 3.05) is 24.6 Å². The van der Waals surface area contributed by atoms with Gasteiger partial charge in [0.25, 0.3) is 5.91 Å². The molecule has 1 atom stereocenters. The van der Waals surface area contributed by atoms with Crippen LogP contribution in [-0.2, 0) is 9.53 Å². The van der Waals surface area contributed by atoms with Crippen molar-refractivity contribution >= 4 is 17.7 Å². The molecule has 174 valence electrons. The Kier molecular flexibility index (Phi) is 6.10. The Bertz CT molecular complexity index is 848. The number of hydrogen-bond donors (Lipinski definition) is 1. The maximum atomic E-state index is 14.0. The molecule has 1 unspecified atom stereocenters. The molecule has 3 fully saturated rings. The molecule has 1 N–H and O–H groups in total. The fourth-order valence-corrected chi connectivity index (χ4v) is 6.85. The van der Waals surface area contributed by atoms with Crippen molar-refractivity contribution in [2.24, 2.45) is 11.8 Å². The summed E-state index contributed by atoms with van der Waals surface area (Å²) in [5, 5.41) is 2.64. The van der Waals surface area contributed by atoms with Crippen LogP contribution >= 0.6 is 0 Å². The van der Waals surface area contributed by atoms with E-state index in [4.69, 9.17) is 4.74 Å². The third-order valence-electron chi connectivity index (χ3n) is 8.13. The summed E-state index contributed by atoms with van der Waals surface area (Å²) < 4.78 is 19.0. The minimum atomic E-state index is -0.893. The van der Waals surface area contributed by atoms with Crippen LogP contribution in [0.4, 0.5) is 14.9 Å². The van der Waals surface area contributed by atoms with E-state index >= 15 is 0 Å². The molecular formula is C25H34FN3O3. The molecule has 2 aliphatic carbocycles. The zero-order valence-corrected chi connectivity index (χ0v) is 18.9. The van der Waals surface area contributed by atoms with Gasteiger partial charge in [0.1, 0.15) is 11.9 Å². The van der Waals surface area contributed by atoms with Crippen molar-refractivity contribution in [2.45, 2.75) is 76.4 Å². The predicted octanol–water partition coefficient (Wildman–Crippen LogP) is 4.39. The minimum absolute atomic E-state index is 0.0698. The van der Waals surface area contributed by atoms with Crippen LogP contribution in [0, 0.1) is 17.7 Å². The average molecular weight is 444 g/mol. The first-order valence-electron chi connectivity index (χ1n) is 12.4. The molecule has 1 aromatic carbocycles. The Morgan fingerprint density at radius 1 is 1.09 bits per heavy atom. The number of carbonyl (C=O) groups is 2. The highest BCUT2D eigenvalue weighted by Gasteiger charge is 2.45. The third kappa shape index (κ3) is 3.89. The predicted molar refractivity (Wildman–Crippen MR) is 120 cm³/mol. The number of likely N-dealkylation sites (tertiary alicyclic amines) is 1. The number of fused-ring (bicyclic) bond motifs is 3. The first kappa shape index (κ1) is 21.7. The van der Waals surface area contributed by atoms with Gasteiger partial charge in [-0.2, -0.15) is 0 Å². The molecule has 2 amide bonds. The maximum Gasteiger partial charge on any atom is 0.408 e. The van der Waals surface area contributed by atoms with Gasteiger partial charge >= 0.3 is 6.09 Å². The van der Waals surface area contributed by atoms with Crippen LogP contribution in [0.2, 0.25) is 0 Å². The van der Waals surface area contributed by atoms with Crippen LogP contribution in [0.1, 0.15) is 69.9 Å². The number of benzene rings is 1. The van der Waals surface area contributed by atoms with E-state index in [9.17, 15) is 14.0 Å². The van der Waals surface area contributed by atoms with Crippen molar-refractivity contribution in [1.82, 2.24) is 10.2 Å². The number of anilines is 1. The van der Waals surface area contributed by atoms with E-state index in [1.807, 2.05) is 4.90 Å². The Balaban J connectivity index is 1.31. The molecule has 1 aromatic rings. The largest absolute Gasteiger partial charge is 0.450 e. The Labute approximate surface area is 189 Å². The van der Waals surface area contributed by atoms with Gasteiger partial charge in [-0.1, -0.05) is 12.8 Å².